The summed E-state index contributed by atoms with van der Waals surface area (Å²) in [7, 11) is 2.22. The van der Waals surface area contributed by atoms with Crippen LogP contribution < -0.4 is 0 Å². The lowest BCUT2D eigenvalue weighted by molar-refractivity contribution is 0.100. The van der Waals surface area contributed by atoms with Crippen molar-refractivity contribution < 1.29 is 0 Å². The lowest BCUT2D eigenvalue weighted by atomic mass is 10.0. The molecule has 0 amide bonds. The molecule has 3 heterocycles. The van der Waals surface area contributed by atoms with Crippen molar-refractivity contribution in [2.75, 3.05) is 33.2 Å². The van der Waals surface area contributed by atoms with Gasteiger partial charge in [-0.25, -0.2) is 0 Å². The Kier molecular flexibility index (Phi) is 4.07. The fourth-order valence-electron chi connectivity index (χ4n) is 3.36. The highest BCUT2D eigenvalue weighted by molar-refractivity contribution is 9.10. The van der Waals surface area contributed by atoms with Gasteiger partial charge in [0.25, 0.3) is 0 Å². The Bertz CT molecular complexity index is 676. The Morgan fingerprint density at radius 3 is 2.77 bits per heavy atom. The Labute approximate surface area is 144 Å². The molecule has 2 aliphatic rings. The second-order valence-electron chi connectivity index (χ2n) is 6.14. The summed E-state index contributed by atoms with van der Waals surface area (Å²) in [6.45, 7) is 5.66. The van der Waals surface area contributed by atoms with Gasteiger partial charge in [-0.2, -0.15) is 0 Å². The van der Waals surface area contributed by atoms with Gasteiger partial charge in [0.05, 0.1) is 11.1 Å². The number of hydrogen-bond acceptors (Lipinski definition) is 3. The Hall–Kier alpha value is -0.750. The summed E-state index contributed by atoms with van der Waals surface area (Å²) in [4.78, 5) is 6.47. The van der Waals surface area contributed by atoms with E-state index in [1.807, 2.05) is 11.8 Å². The molecule has 0 spiro atoms. The molecule has 1 saturated heterocycles. The molecule has 1 fully saturated rings. The number of piperazine rings is 1. The monoisotopic (exact) mass is 377 g/mol. The SMILES string of the molecule is CN1CCN([C@@H]2Cn3cccc3Sc3ccc(Br)cc32)CC1. The summed E-state index contributed by atoms with van der Waals surface area (Å²) in [5.41, 5.74) is 1.47. The number of benzene rings is 1. The molecule has 2 aliphatic heterocycles. The van der Waals surface area contributed by atoms with Crippen LogP contribution in [0.3, 0.4) is 0 Å². The molecule has 4 rings (SSSR count). The third-order valence-corrected chi connectivity index (χ3v) is 6.35. The van der Waals surface area contributed by atoms with Crippen LogP contribution in [-0.4, -0.2) is 47.6 Å². The largest absolute Gasteiger partial charge is 0.341 e. The highest BCUT2D eigenvalue weighted by Gasteiger charge is 2.29. The van der Waals surface area contributed by atoms with Crippen LogP contribution in [-0.2, 0) is 6.54 Å². The second-order valence-corrected chi connectivity index (χ2v) is 8.12. The number of rotatable bonds is 1. The third kappa shape index (κ3) is 2.75. The van der Waals surface area contributed by atoms with Crippen LogP contribution in [0.2, 0.25) is 0 Å². The Balaban J connectivity index is 1.74. The van der Waals surface area contributed by atoms with E-state index in [0.717, 1.165) is 32.7 Å². The predicted octanol–water partition coefficient (Wildman–Crippen LogP) is 3.70. The molecule has 22 heavy (non-hydrogen) atoms. The van der Waals surface area contributed by atoms with Gasteiger partial charge in [0.15, 0.2) is 0 Å². The lowest BCUT2D eigenvalue weighted by Gasteiger charge is -2.38. The van der Waals surface area contributed by atoms with Crippen LogP contribution in [0.1, 0.15) is 11.6 Å². The van der Waals surface area contributed by atoms with E-state index >= 15 is 0 Å². The molecule has 1 aromatic carbocycles. The number of likely N-dealkylation sites (N-methyl/N-ethyl adjacent to an activating group) is 1. The van der Waals surface area contributed by atoms with Gasteiger partial charge in [0.2, 0.25) is 0 Å². The minimum absolute atomic E-state index is 0.461. The van der Waals surface area contributed by atoms with Crippen molar-refractivity contribution in [3.63, 3.8) is 0 Å². The zero-order valence-corrected chi connectivity index (χ0v) is 15.1. The minimum Gasteiger partial charge on any atom is -0.341 e. The first-order valence-corrected chi connectivity index (χ1v) is 9.37. The number of fused-ring (bicyclic) bond motifs is 2. The van der Waals surface area contributed by atoms with Crippen molar-refractivity contribution in [3.05, 3.63) is 46.6 Å². The summed E-state index contributed by atoms with van der Waals surface area (Å²) in [6, 6.07) is 11.6. The van der Waals surface area contributed by atoms with Crippen molar-refractivity contribution in [2.24, 2.45) is 0 Å². The topological polar surface area (TPSA) is 11.4 Å². The van der Waals surface area contributed by atoms with Crippen LogP contribution in [0.25, 0.3) is 0 Å². The average Bonchev–Trinajstić information content (AvgIpc) is 2.89. The van der Waals surface area contributed by atoms with Crippen LogP contribution in [0.15, 0.2) is 50.9 Å². The van der Waals surface area contributed by atoms with Crippen molar-refractivity contribution in [2.45, 2.75) is 22.5 Å². The Morgan fingerprint density at radius 2 is 1.95 bits per heavy atom. The van der Waals surface area contributed by atoms with E-state index in [-0.39, 0.29) is 0 Å². The zero-order valence-electron chi connectivity index (χ0n) is 12.7. The van der Waals surface area contributed by atoms with Gasteiger partial charge >= 0.3 is 0 Å². The van der Waals surface area contributed by atoms with Crippen molar-refractivity contribution in [3.8, 4) is 0 Å². The maximum atomic E-state index is 3.66. The Morgan fingerprint density at radius 1 is 1.14 bits per heavy atom. The smallest absolute Gasteiger partial charge is 0.0797 e. The van der Waals surface area contributed by atoms with E-state index in [0.29, 0.717) is 6.04 Å². The molecular formula is C17H20BrN3S. The molecular weight excluding hydrogens is 358 g/mol. The molecule has 116 valence electrons. The fourth-order valence-corrected chi connectivity index (χ4v) is 4.81. The molecule has 0 radical (unpaired) electrons. The van der Waals surface area contributed by atoms with E-state index in [2.05, 4.69) is 73.9 Å². The van der Waals surface area contributed by atoms with Crippen LogP contribution in [0, 0.1) is 0 Å². The summed E-state index contributed by atoms with van der Waals surface area (Å²) in [5, 5.41) is 1.35. The van der Waals surface area contributed by atoms with Crippen LogP contribution in [0.5, 0.6) is 0 Å². The van der Waals surface area contributed by atoms with Gasteiger partial charge in [-0.3, -0.25) is 4.90 Å². The highest BCUT2D eigenvalue weighted by atomic mass is 79.9. The van der Waals surface area contributed by atoms with Gasteiger partial charge < -0.3 is 9.47 Å². The van der Waals surface area contributed by atoms with Gasteiger partial charge in [-0.05, 0) is 42.9 Å². The van der Waals surface area contributed by atoms with E-state index in [9.17, 15) is 0 Å². The fraction of sp³-hybridized carbons (Fsp3) is 0.412. The molecule has 5 heteroatoms. The van der Waals surface area contributed by atoms with E-state index in [1.54, 1.807) is 0 Å². The van der Waals surface area contributed by atoms with E-state index in [4.69, 9.17) is 0 Å². The molecule has 3 nitrogen and oxygen atoms in total. The third-order valence-electron chi connectivity index (χ3n) is 4.68. The van der Waals surface area contributed by atoms with E-state index in [1.165, 1.54) is 20.0 Å². The predicted molar refractivity (Wildman–Crippen MR) is 94.5 cm³/mol. The first kappa shape index (κ1) is 14.8. The van der Waals surface area contributed by atoms with Crippen molar-refractivity contribution in [1.82, 2.24) is 14.4 Å². The normalized spacial score (nSPS) is 22.9. The van der Waals surface area contributed by atoms with E-state index < -0.39 is 0 Å². The zero-order chi connectivity index (χ0) is 15.1. The number of halogens is 1. The molecule has 0 N–H and O–H groups in total. The molecule has 1 atom stereocenters. The summed E-state index contributed by atoms with van der Waals surface area (Å²) < 4.78 is 3.58. The number of nitrogens with zero attached hydrogens (tertiary/aromatic N) is 3. The molecule has 0 bridgehead atoms. The molecule has 0 aliphatic carbocycles. The molecule has 1 aromatic heterocycles. The maximum Gasteiger partial charge on any atom is 0.0797 e. The number of aromatic nitrogens is 1. The second kappa shape index (κ2) is 6.04. The van der Waals surface area contributed by atoms with Crippen LogP contribution >= 0.6 is 27.7 Å². The van der Waals surface area contributed by atoms with Gasteiger partial charge in [-0.15, -0.1) is 0 Å². The first-order valence-electron chi connectivity index (χ1n) is 7.76. The summed E-state index contributed by atoms with van der Waals surface area (Å²) in [6.07, 6.45) is 2.21. The van der Waals surface area contributed by atoms with Crippen molar-refractivity contribution in [1.29, 1.82) is 0 Å². The molecule has 0 saturated carbocycles. The molecule has 2 aromatic rings. The lowest BCUT2D eigenvalue weighted by Crippen LogP contribution is -2.46. The van der Waals surface area contributed by atoms with Gasteiger partial charge in [0, 0.05) is 48.3 Å². The highest BCUT2D eigenvalue weighted by Crippen LogP contribution is 2.41. The maximum absolute atomic E-state index is 3.66. The number of hydrogen-bond donors (Lipinski definition) is 0. The summed E-state index contributed by atoms with van der Waals surface area (Å²) in [5.74, 6) is 0. The standard InChI is InChI=1S/C17H20BrN3S/c1-19-7-9-20(10-8-19)15-12-21-6-2-3-17(21)22-16-5-4-13(18)11-14(15)16/h2-6,11,15H,7-10,12H2,1H3/t15-/m1/s1. The van der Waals surface area contributed by atoms with Gasteiger partial charge in [-0.1, -0.05) is 27.7 Å². The van der Waals surface area contributed by atoms with Crippen LogP contribution in [0.4, 0.5) is 0 Å². The molecule has 0 unspecified atom stereocenters. The average molecular weight is 378 g/mol. The quantitative estimate of drug-likeness (QED) is 0.750. The minimum atomic E-state index is 0.461. The first-order chi connectivity index (χ1) is 10.7. The summed E-state index contributed by atoms with van der Waals surface area (Å²) >= 11 is 5.55. The van der Waals surface area contributed by atoms with Gasteiger partial charge in [0.1, 0.15) is 0 Å². The van der Waals surface area contributed by atoms with Crippen molar-refractivity contribution >= 4 is 27.7 Å².